The first kappa shape index (κ1) is 11.9. The van der Waals surface area contributed by atoms with Crippen LogP contribution in [0.4, 0.5) is 0 Å². The topological polar surface area (TPSA) is 21.3 Å². The van der Waals surface area contributed by atoms with Gasteiger partial charge in [0.25, 0.3) is 0 Å². The molecule has 1 aromatic carbocycles. The van der Waals surface area contributed by atoms with Crippen LogP contribution in [-0.4, -0.2) is 18.7 Å². The highest BCUT2D eigenvalue weighted by Crippen LogP contribution is 2.28. The third-order valence-electron chi connectivity index (χ3n) is 3.09. The first-order chi connectivity index (χ1) is 7.70. The summed E-state index contributed by atoms with van der Waals surface area (Å²) in [5.41, 5.74) is 1.16. The van der Waals surface area contributed by atoms with Gasteiger partial charge < -0.3 is 10.1 Å². The van der Waals surface area contributed by atoms with Gasteiger partial charge in [0.1, 0.15) is 0 Å². The molecular formula is C13H18ClNO. The Morgan fingerprint density at radius 3 is 3.00 bits per heavy atom. The molecule has 0 bridgehead atoms. The second-order valence-electron chi connectivity index (χ2n) is 4.34. The van der Waals surface area contributed by atoms with Crippen LogP contribution in [0.1, 0.15) is 31.9 Å². The smallest absolute Gasteiger partial charge is 0.0980 e. The van der Waals surface area contributed by atoms with Crippen LogP contribution < -0.4 is 5.32 Å². The van der Waals surface area contributed by atoms with Crippen LogP contribution in [0.15, 0.2) is 24.3 Å². The molecule has 0 aliphatic carbocycles. The Hall–Kier alpha value is -0.570. The van der Waals surface area contributed by atoms with Crippen molar-refractivity contribution >= 4 is 11.6 Å². The van der Waals surface area contributed by atoms with Crippen molar-refractivity contribution < 1.29 is 4.74 Å². The second kappa shape index (κ2) is 5.17. The lowest BCUT2D eigenvalue weighted by atomic mass is 10.0. The first-order valence-corrected chi connectivity index (χ1v) is 6.22. The largest absolute Gasteiger partial charge is 0.367 e. The molecule has 0 aromatic heterocycles. The molecule has 0 saturated carbocycles. The number of benzene rings is 1. The van der Waals surface area contributed by atoms with Crippen LogP contribution in [0.5, 0.6) is 0 Å². The fourth-order valence-corrected chi connectivity index (χ4v) is 2.29. The number of hydrogen-bond donors (Lipinski definition) is 1. The van der Waals surface area contributed by atoms with Crippen molar-refractivity contribution in [3.05, 3.63) is 34.9 Å². The molecule has 1 saturated heterocycles. The number of rotatable bonds is 2. The molecule has 3 atom stereocenters. The molecule has 1 aromatic rings. The predicted molar refractivity (Wildman–Crippen MR) is 66.8 cm³/mol. The number of morpholine rings is 1. The van der Waals surface area contributed by atoms with E-state index in [1.54, 1.807) is 0 Å². The van der Waals surface area contributed by atoms with Crippen molar-refractivity contribution in [1.82, 2.24) is 5.32 Å². The van der Waals surface area contributed by atoms with Crippen LogP contribution in [-0.2, 0) is 4.74 Å². The van der Waals surface area contributed by atoms with Gasteiger partial charge in [-0.2, -0.15) is 0 Å². The van der Waals surface area contributed by atoms with Crippen molar-refractivity contribution in [3.8, 4) is 0 Å². The monoisotopic (exact) mass is 239 g/mol. The fraction of sp³-hybridized carbons (Fsp3) is 0.538. The van der Waals surface area contributed by atoms with Gasteiger partial charge in [0.2, 0.25) is 0 Å². The molecule has 3 unspecified atom stereocenters. The molecule has 1 N–H and O–H groups in total. The molecule has 2 rings (SSSR count). The minimum Gasteiger partial charge on any atom is -0.367 e. The van der Waals surface area contributed by atoms with Crippen LogP contribution in [0.3, 0.4) is 0 Å². The highest BCUT2D eigenvalue weighted by Gasteiger charge is 2.28. The van der Waals surface area contributed by atoms with Crippen LogP contribution in [0.2, 0.25) is 5.02 Å². The van der Waals surface area contributed by atoms with E-state index in [4.69, 9.17) is 16.3 Å². The zero-order chi connectivity index (χ0) is 11.5. The fourth-order valence-electron chi connectivity index (χ4n) is 2.09. The van der Waals surface area contributed by atoms with Gasteiger partial charge in [-0.3, -0.25) is 0 Å². The molecular weight excluding hydrogens is 222 g/mol. The minimum absolute atomic E-state index is 0.109. The van der Waals surface area contributed by atoms with Gasteiger partial charge in [0.05, 0.1) is 12.2 Å². The van der Waals surface area contributed by atoms with Crippen molar-refractivity contribution in [2.24, 2.45) is 0 Å². The van der Waals surface area contributed by atoms with E-state index in [0.29, 0.717) is 12.1 Å². The van der Waals surface area contributed by atoms with Gasteiger partial charge in [0, 0.05) is 17.6 Å². The molecule has 2 nitrogen and oxygen atoms in total. The summed E-state index contributed by atoms with van der Waals surface area (Å²) >= 11 is 6.01. The summed E-state index contributed by atoms with van der Waals surface area (Å²) in [6, 6.07) is 8.27. The van der Waals surface area contributed by atoms with E-state index in [0.717, 1.165) is 23.6 Å². The molecule has 1 aliphatic rings. The Bertz CT molecular complexity index is 356. The third-order valence-corrected chi connectivity index (χ3v) is 3.33. The number of nitrogens with one attached hydrogen (secondary N) is 1. The van der Waals surface area contributed by atoms with Crippen molar-refractivity contribution in [1.29, 1.82) is 0 Å². The van der Waals surface area contributed by atoms with Gasteiger partial charge in [-0.1, -0.05) is 30.7 Å². The van der Waals surface area contributed by atoms with E-state index in [2.05, 4.69) is 25.2 Å². The lowest BCUT2D eigenvalue weighted by molar-refractivity contribution is -0.0622. The van der Waals surface area contributed by atoms with Gasteiger partial charge in [-0.05, 0) is 31.0 Å². The molecule has 3 heteroatoms. The van der Waals surface area contributed by atoms with E-state index in [9.17, 15) is 0 Å². The van der Waals surface area contributed by atoms with E-state index < -0.39 is 0 Å². The Balaban J connectivity index is 2.17. The zero-order valence-electron chi connectivity index (χ0n) is 9.74. The lowest BCUT2D eigenvalue weighted by Gasteiger charge is -2.35. The lowest BCUT2D eigenvalue weighted by Crippen LogP contribution is -2.46. The molecule has 0 amide bonds. The maximum absolute atomic E-state index is 6.07. The quantitative estimate of drug-likeness (QED) is 0.856. The standard InChI is InChI=1S/C13H18ClNO/c1-3-12-8-15-9(2)13(16-12)10-5-4-6-11(14)7-10/h4-7,9,12-13,15H,3,8H2,1-2H3. The summed E-state index contributed by atoms with van der Waals surface area (Å²) in [7, 11) is 0. The number of halogens is 1. The van der Waals surface area contributed by atoms with Crippen molar-refractivity contribution in [2.45, 2.75) is 38.5 Å². The van der Waals surface area contributed by atoms with Crippen molar-refractivity contribution in [2.75, 3.05) is 6.54 Å². The van der Waals surface area contributed by atoms with E-state index >= 15 is 0 Å². The Labute approximate surface area is 102 Å². The first-order valence-electron chi connectivity index (χ1n) is 5.85. The van der Waals surface area contributed by atoms with Crippen LogP contribution in [0, 0.1) is 0 Å². The second-order valence-corrected chi connectivity index (χ2v) is 4.78. The minimum atomic E-state index is 0.109. The maximum atomic E-state index is 6.07. The molecule has 1 heterocycles. The molecule has 16 heavy (non-hydrogen) atoms. The summed E-state index contributed by atoms with van der Waals surface area (Å²) in [6.07, 6.45) is 1.45. The SMILES string of the molecule is CCC1CNC(C)C(c2cccc(Cl)c2)O1. The van der Waals surface area contributed by atoms with Crippen LogP contribution >= 0.6 is 11.6 Å². The van der Waals surface area contributed by atoms with E-state index in [1.807, 2.05) is 18.2 Å². The molecule has 0 spiro atoms. The summed E-state index contributed by atoms with van der Waals surface area (Å²) in [5.74, 6) is 0. The normalized spacial score (nSPS) is 30.3. The summed E-state index contributed by atoms with van der Waals surface area (Å²) < 4.78 is 6.07. The Kier molecular flexibility index (Phi) is 3.85. The van der Waals surface area contributed by atoms with Gasteiger partial charge in [0.15, 0.2) is 0 Å². The summed E-state index contributed by atoms with van der Waals surface area (Å²) in [6.45, 7) is 5.24. The highest BCUT2D eigenvalue weighted by molar-refractivity contribution is 6.30. The average Bonchev–Trinajstić information content (AvgIpc) is 2.30. The zero-order valence-corrected chi connectivity index (χ0v) is 10.5. The number of hydrogen-bond acceptors (Lipinski definition) is 2. The Morgan fingerprint density at radius 1 is 1.50 bits per heavy atom. The maximum Gasteiger partial charge on any atom is 0.0980 e. The van der Waals surface area contributed by atoms with Crippen LogP contribution in [0.25, 0.3) is 0 Å². The summed E-state index contributed by atoms with van der Waals surface area (Å²) in [4.78, 5) is 0. The van der Waals surface area contributed by atoms with Gasteiger partial charge in [-0.15, -0.1) is 0 Å². The predicted octanol–water partition coefficient (Wildman–Crippen LogP) is 3.17. The number of ether oxygens (including phenoxy) is 1. The molecule has 1 fully saturated rings. The van der Waals surface area contributed by atoms with Crippen molar-refractivity contribution in [3.63, 3.8) is 0 Å². The van der Waals surface area contributed by atoms with Gasteiger partial charge in [-0.25, -0.2) is 0 Å². The summed E-state index contributed by atoms with van der Waals surface area (Å²) in [5, 5.41) is 4.25. The van der Waals surface area contributed by atoms with Gasteiger partial charge >= 0.3 is 0 Å². The Morgan fingerprint density at radius 2 is 2.31 bits per heavy atom. The highest BCUT2D eigenvalue weighted by atomic mass is 35.5. The third kappa shape index (κ3) is 2.57. The van der Waals surface area contributed by atoms with E-state index in [1.165, 1.54) is 0 Å². The molecule has 0 radical (unpaired) electrons. The average molecular weight is 240 g/mol. The molecule has 1 aliphatic heterocycles. The van der Waals surface area contributed by atoms with E-state index in [-0.39, 0.29) is 6.10 Å². The molecule has 88 valence electrons.